The molecule has 1 saturated heterocycles. The summed E-state index contributed by atoms with van der Waals surface area (Å²) < 4.78 is 11.0. The predicted molar refractivity (Wildman–Crippen MR) is 94.1 cm³/mol. The Morgan fingerprint density at radius 1 is 1.33 bits per heavy atom. The Balaban J connectivity index is 1.86. The maximum absolute atomic E-state index is 12.3. The first-order valence-electron chi connectivity index (χ1n) is 7.83. The fourth-order valence-electron chi connectivity index (χ4n) is 2.70. The van der Waals surface area contributed by atoms with Crippen LogP contribution >= 0.6 is 11.8 Å². The van der Waals surface area contributed by atoms with Crippen molar-refractivity contribution in [2.75, 3.05) is 19.5 Å². The molecule has 0 aliphatic carbocycles. The summed E-state index contributed by atoms with van der Waals surface area (Å²) in [4.78, 5) is 18.3. The Bertz CT molecular complexity index is 709. The third-order valence-electron chi connectivity index (χ3n) is 3.82. The molecule has 5 nitrogen and oxygen atoms in total. The van der Waals surface area contributed by atoms with E-state index < -0.39 is 0 Å². The fourth-order valence-corrected chi connectivity index (χ4v) is 3.88. The second-order valence-corrected chi connectivity index (χ2v) is 6.46. The van der Waals surface area contributed by atoms with Crippen LogP contribution in [0.15, 0.2) is 42.7 Å². The van der Waals surface area contributed by atoms with Crippen molar-refractivity contribution in [1.29, 1.82) is 0 Å². The molecule has 1 aliphatic rings. The Labute approximate surface area is 146 Å². The zero-order chi connectivity index (χ0) is 16.9. The number of carbonyl (C=O) groups is 1. The lowest BCUT2D eigenvalue weighted by atomic mass is 10.1. The molecule has 126 valence electrons. The maximum atomic E-state index is 12.3. The number of aromatic nitrogens is 1. The minimum atomic E-state index is -0.0252. The number of pyridine rings is 1. The minimum Gasteiger partial charge on any atom is -0.493 e. The number of methoxy groups -OCH3 is 1. The zero-order valence-electron chi connectivity index (χ0n) is 13.8. The normalized spacial score (nSPS) is 17.2. The molecule has 0 saturated carbocycles. The van der Waals surface area contributed by atoms with Gasteiger partial charge in [0.15, 0.2) is 11.5 Å². The van der Waals surface area contributed by atoms with E-state index in [4.69, 9.17) is 9.47 Å². The third kappa shape index (κ3) is 3.48. The van der Waals surface area contributed by atoms with Gasteiger partial charge >= 0.3 is 0 Å². The monoisotopic (exact) mass is 344 g/mol. The number of hydrogen-bond donors (Lipinski definition) is 0. The number of rotatable bonds is 6. The van der Waals surface area contributed by atoms with E-state index >= 15 is 0 Å². The van der Waals surface area contributed by atoms with Crippen molar-refractivity contribution in [2.45, 2.75) is 18.8 Å². The van der Waals surface area contributed by atoms with Gasteiger partial charge in [0.05, 0.1) is 19.5 Å². The van der Waals surface area contributed by atoms with Crippen molar-refractivity contribution in [3.8, 4) is 11.5 Å². The van der Waals surface area contributed by atoms with Gasteiger partial charge in [0.25, 0.3) is 0 Å². The first kappa shape index (κ1) is 16.6. The number of amides is 1. The fraction of sp³-hybridized carbons (Fsp3) is 0.333. The third-order valence-corrected chi connectivity index (χ3v) is 5.07. The molecular formula is C18H20N2O3S. The van der Waals surface area contributed by atoms with Gasteiger partial charge in [-0.05, 0) is 36.2 Å². The second kappa shape index (κ2) is 7.57. The summed E-state index contributed by atoms with van der Waals surface area (Å²) >= 11 is 1.63. The Hall–Kier alpha value is -2.21. The molecule has 1 aromatic heterocycles. The molecule has 1 aliphatic heterocycles. The van der Waals surface area contributed by atoms with Gasteiger partial charge in [0.2, 0.25) is 5.91 Å². The molecule has 0 N–H and O–H groups in total. The highest BCUT2D eigenvalue weighted by Gasteiger charge is 2.33. The molecule has 1 aromatic carbocycles. The van der Waals surface area contributed by atoms with Crippen LogP contribution < -0.4 is 9.47 Å². The smallest absolute Gasteiger partial charge is 0.234 e. The van der Waals surface area contributed by atoms with Crippen LogP contribution in [0.5, 0.6) is 11.5 Å². The van der Waals surface area contributed by atoms with Crippen molar-refractivity contribution in [1.82, 2.24) is 9.88 Å². The molecular weight excluding hydrogens is 324 g/mol. The quantitative estimate of drug-likeness (QED) is 0.805. The highest BCUT2D eigenvalue weighted by Crippen LogP contribution is 2.42. The summed E-state index contributed by atoms with van der Waals surface area (Å²) in [5.41, 5.74) is 2.07. The van der Waals surface area contributed by atoms with Crippen molar-refractivity contribution >= 4 is 17.7 Å². The van der Waals surface area contributed by atoms with Crippen molar-refractivity contribution in [3.05, 3.63) is 53.9 Å². The molecule has 0 radical (unpaired) electrons. The van der Waals surface area contributed by atoms with Gasteiger partial charge in [0, 0.05) is 18.9 Å². The van der Waals surface area contributed by atoms with Crippen LogP contribution in [0.3, 0.4) is 0 Å². The van der Waals surface area contributed by atoms with E-state index in [1.54, 1.807) is 31.3 Å². The van der Waals surface area contributed by atoms with Gasteiger partial charge in [-0.2, -0.15) is 0 Å². The Morgan fingerprint density at radius 3 is 2.92 bits per heavy atom. The highest BCUT2D eigenvalue weighted by atomic mass is 32.2. The summed E-state index contributed by atoms with van der Waals surface area (Å²) in [6, 6.07) is 9.73. The summed E-state index contributed by atoms with van der Waals surface area (Å²) in [7, 11) is 1.63. The van der Waals surface area contributed by atoms with Crippen molar-refractivity contribution in [2.24, 2.45) is 0 Å². The van der Waals surface area contributed by atoms with E-state index in [1.807, 2.05) is 42.2 Å². The largest absolute Gasteiger partial charge is 0.493 e. The van der Waals surface area contributed by atoms with Gasteiger partial charge in [-0.15, -0.1) is 11.8 Å². The van der Waals surface area contributed by atoms with Crippen LogP contribution in [-0.4, -0.2) is 35.3 Å². The van der Waals surface area contributed by atoms with Crippen LogP contribution in [0.4, 0.5) is 0 Å². The van der Waals surface area contributed by atoms with Gasteiger partial charge in [-0.25, -0.2) is 0 Å². The number of ether oxygens (including phenoxy) is 2. The first-order chi connectivity index (χ1) is 11.7. The summed E-state index contributed by atoms with van der Waals surface area (Å²) in [6.07, 6.45) is 3.53. The summed E-state index contributed by atoms with van der Waals surface area (Å²) in [5, 5.41) is -0.0252. The zero-order valence-corrected chi connectivity index (χ0v) is 14.6. The van der Waals surface area contributed by atoms with Crippen molar-refractivity contribution < 1.29 is 14.3 Å². The number of hydrogen-bond acceptors (Lipinski definition) is 5. The minimum absolute atomic E-state index is 0.0252. The van der Waals surface area contributed by atoms with Crippen LogP contribution in [0.2, 0.25) is 0 Å². The van der Waals surface area contributed by atoms with Crippen LogP contribution in [0.1, 0.15) is 23.4 Å². The first-order valence-corrected chi connectivity index (χ1v) is 8.88. The highest BCUT2D eigenvalue weighted by molar-refractivity contribution is 8.00. The van der Waals surface area contributed by atoms with E-state index in [1.165, 1.54) is 0 Å². The summed E-state index contributed by atoms with van der Waals surface area (Å²) in [6.45, 7) is 3.06. The SMILES string of the molecule is CCOc1cc(C2SCC(=O)N2Cc2cccnc2)ccc1OC. The molecule has 0 bridgehead atoms. The molecule has 2 aromatic rings. The van der Waals surface area contributed by atoms with E-state index in [-0.39, 0.29) is 11.3 Å². The average molecular weight is 344 g/mol. The topological polar surface area (TPSA) is 51.7 Å². The van der Waals surface area contributed by atoms with E-state index in [0.29, 0.717) is 30.4 Å². The molecule has 3 rings (SSSR count). The molecule has 24 heavy (non-hydrogen) atoms. The average Bonchev–Trinajstić information content (AvgIpc) is 2.97. The number of carbonyl (C=O) groups excluding carboxylic acids is 1. The van der Waals surface area contributed by atoms with E-state index in [9.17, 15) is 4.79 Å². The van der Waals surface area contributed by atoms with Gasteiger partial charge in [-0.3, -0.25) is 9.78 Å². The lowest BCUT2D eigenvalue weighted by Crippen LogP contribution is -2.27. The van der Waals surface area contributed by atoms with Crippen molar-refractivity contribution in [3.63, 3.8) is 0 Å². The molecule has 1 amide bonds. The number of benzene rings is 1. The summed E-state index contributed by atoms with van der Waals surface area (Å²) in [5.74, 6) is 2.04. The lowest BCUT2D eigenvalue weighted by Gasteiger charge is -2.25. The molecule has 1 fully saturated rings. The van der Waals surface area contributed by atoms with Gasteiger partial charge < -0.3 is 14.4 Å². The molecule has 0 spiro atoms. The second-order valence-electron chi connectivity index (χ2n) is 5.39. The number of nitrogens with zero attached hydrogens (tertiary/aromatic N) is 2. The molecule has 1 atom stereocenters. The molecule has 6 heteroatoms. The number of thioether (sulfide) groups is 1. The van der Waals surface area contributed by atoms with Gasteiger partial charge in [0.1, 0.15) is 5.37 Å². The van der Waals surface area contributed by atoms with E-state index in [2.05, 4.69) is 4.98 Å². The molecule has 1 unspecified atom stereocenters. The maximum Gasteiger partial charge on any atom is 0.234 e. The van der Waals surface area contributed by atoms with Crippen LogP contribution in [0.25, 0.3) is 0 Å². The lowest BCUT2D eigenvalue weighted by molar-refractivity contribution is -0.128. The van der Waals surface area contributed by atoms with E-state index in [0.717, 1.165) is 11.1 Å². The predicted octanol–water partition coefficient (Wildman–Crippen LogP) is 3.26. The standard InChI is InChI=1S/C18H20N2O3S/c1-3-23-16-9-14(6-7-15(16)22-2)18-20(17(21)12-24-18)11-13-5-4-8-19-10-13/h4-10,18H,3,11-12H2,1-2H3. The van der Waals surface area contributed by atoms with Crippen LogP contribution in [-0.2, 0) is 11.3 Å². The Morgan fingerprint density at radius 2 is 2.21 bits per heavy atom. The van der Waals surface area contributed by atoms with Gasteiger partial charge in [-0.1, -0.05) is 12.1 Å². The van der Waals surface area contributed by atoms with Crippen LogP contribution in [0, 0.1) is 0 Å². The molecule has 2 heterocycles. The Kier molecular flexibility index (Phi) is 5.25.